The summed E-state index contributed by atoms with van der Waals surface area (Å²) < 4.78 is 3.87. The molecule has 0 aliphatic heterocycles. The van der Waals surface area contributed by atoms with Crippen LogP contribution in [0.25, 0.3) is 10.9 Å². The summed E-state index contributed by atoms with van der Waals surface area (Å²) in [7, 11) is 1.91. The lowest BCUT2D eigenvalue weighted by atomic mass is 10.1. The van der Waals surface area contributed by atoms with Gasteiger partial charge in [0.05, 0.1) is 12.2 Å². The molecular formula is C18H22N4O. The second-order valence-electron chi connectivity index (χ2n) is 6.03. The van der Waals surface area contributed by atoms with Crippen LogP contribution in [-0.2, 0) is 18.4 Å². The van der Waals surface area contributed by atoms with Crippen LogP contribution in [0.15, 0.2) is 36.5 Å². The van der Waals surface area contributed by atoms with Crippen molar-refractivity contribution in [3.05, 3.63) is 53.5 Å². The molecule has 2 aromatic heterocycles. The van der Waals surface area contributed by atoms with Gasteiger partial charge in [-0.3, -0.25) is 9.48 Å². The summed E-state index contributed by atoms with van der Waals surface area (Å²) in [5.41, 5.74) is 4.30. The molecule has 3 rings (SSSR count). The Morgan fingerprint density at radius 3 is 2.74 bits per heavy atom. The number of para-hydroxylation sites is 1. The molecule has 0 fully saturated rings. The molecule has 0 radical (unpaired) electrons. The fourth-order valence-electron chi connectivity index (χ4n) is 3.01. The number of rotatable bonds is 4. The minimum Gasteiger partial charge on any atom is -0.348 e. The van der Waals surface area contributed by atoms with Crippen LogP contribution in [0.5, 0.6) is 0 Å². The summed E-state index contributed by atoms with van der Waals surface area (Å²) in [6, 6.07) is 10.2. The molecule has 2 heterocycles. The first-order valence-electron chi connectivity index (χ1n) is 7.80. The number of nitrogens with zero attached hydrogens (tertiary/aromatic N) is 3. The van der Waals surface area contributed by atoms with Crippen molar-refractivity contribution < 1.29 is 4.79 Å². The second kappa shape index (κ2) is 5.91. The average Bonchev–Trinajstić information content (AvgIpc) is 3.00. The SMILES string of the molecule is Cc1c([C@H](C)NC(=O)Cn2c(C)cc3ccccc32)cnn1C. The van der Waals surface area contributed by atoms with Crippen molar-refractivity contribution in [3.63, 3.8) is 0 Å². The van der Waals surface area contributed by atoms with Gasteiger partial charge in [-0.15, -0.1) is 0 Å². The highest BCUT2D eigenvalue weighted by molar-refractivity contribution is 5.84. The van der Waals surface area contributed by atoms with Gasteiger partial charge in [0.1, 0.15) is 6.54 Å². The zero-order chi connectivity index (χ0) is 16.6. The largest absolute Gasteiger partial charge is 0.348 e. The monoisotopic (exact) mass is 310 g/mol. The summed E-state index contributed by atoms with van der Waals surface area (Å²) >= 11 is 0. The summed E-state index contributed by atoms with van der Waals surface area (Å²) in [4.78, 5) is 12.4. The van der Waals surface area contributed by atoms with Gasteiger partial charge in [0.2, 0.25) is 5.91 Å². The molecule has 0 spiro atoms. The first-order valence-corrected chi connectivity index (χ1v) is 7.80. The van der Waals surface area contributed by atoms with Crippen LogP contribution >= 0.6 is 0 Å². The van der Waals surface area contributed by atoms with Crippen LogP contribution in [0.1, 0.15) is 29.9 Å². The van der Waals surface area contributed by atoms with E-state index in [-0.39, 0.29) is 11.9 Å². The minimum absolute atomic E-state index is 0.00482. The van der Waals surface area contributed by atoms with Gasteiger partial charge in [0.25, 0.3) is 0 Å². The predicted octanol–water partition coefficient (Wildman–Crippen LogP) is 2.87. The first kappa shape index (κ1) is 15.3. The molecule has 23 heavy (non-hydrogen) atoms. The Balaban J connectivity index is 1.76. The summed E-state index contributed by atoms with van der Waals surface area (Å²) in [6.45, 7) is 6.35. The summed E-state index contributed by atoms with van der Waals surface area (Å²) in [6.07, 6.45) is 1.82. The zero-order valence-corrected chi connectivity index (χ0v) is 14.0. The Bertz CT molecular complexity index is 859. The van der Waals surface area contributed by atoms with E-state index in [1.807, 2.05) is 61.5 Å². The van der Waals surface area contributed by atoms with Crippen LogP contribution in [0.2, 0.25) is 0 Å². The van der Waals surface area contributed by atoms with E-state index in [0.29, 0.717) is 6.54 Å². The lowest BCUT2D eigenvalue weighted by Gasteiger charge is -2.15. The quantitative estimate of drug-likeness (QED) is 0.805. The van der Waals surface area contributed by atoms with Gasteiger partial charge in [-0.2, -0.15) is 5.10 Å². The molecule has 1 N–H and O–H groups in total. The molecule has 1 aromatic carbocycles. The molecule has 0 unspecified atom stereocenters. The van der Waals surface area contributed by atoms with E-state index in [1.54, 1.807) is 0 Å². The molecule has 120 valence electrons. The third kappa shape index (κ3) is 2.86. The van der Waals surface area contributed by atoms with Gasteiger partial charge >= 0.3 is 0 Å². The maximum absolute atomic E-state index is 12.4. The number of carbonyl (C=O) groups is 1. The van der Waals surface area contributed by atoms with Crippen LogP contribution in [0.4, 0.5) is 0 Å². The molecule has 1 amide bonds. The van der Waals surface area contributed by atoms with Crippen molar-refractivity contribution in [3.8, 4) is 0 Å². The lowest BCUT2D eigenvalue weighted by Crippen LogP contribution is -2.30. The van der Waals surface area contributed by atoms with Crippen molar-refractivity contribution >= 4 is 16.8 Å². The number of amides is 1. The highest BCUT2D eigenvalue weighted by atomic mass is 16.2. The van der Waals surface area contributed by atoms with Crippen molar-refractivity contribution in [2.45, 2.75) is 33.4 Å². The van der Waals surface area contributed by atoms with Crippen molar-refractivity contribution in [2.75, 3.05) is 0 Å². The predicted molar refractivity (Wildman–Crippen MR) is 91.2 cm³/mol. The van der Waals surface area contributed by atoms with E-state index >= 15 is 0 Å². The number of aromatic nitrogens is 3. The van der Waals surface area contributed by atoms with Gasteiger partial charge in [-0.1, -0.05) is 18.2 Å². The normalized spacial score (nSPS) is 12.5. The highest BCUT2D eigenvalue weighted by Gasteiger charge is 2.16. The molecule has 1 atom stereocenters. The van der Waals surface area contributed by atoms with E-state index in [9.17, 15) is 4.79 Å². The number of benzene rings is 1. The Morgan fingerprint density at radius 2 is 2.04 bits per heavy atom. The molecule has 0 saturated heterocycles. The van der Waals surface area contributed by atoms with E-state index in [0.717, 1.165) is 27.9 Å². The number of aryl methyl sites for hydroxylation is 2. The lowest BCUT2D eigenvalue weighted by molar-refractivity contribution is -0.122. The Kier molecular flexibility index (Phi) is 3.94. The summed E-state index contributed by atoms with van der Waals surface area (Å²) in [5.74, 6) is 0.00482. The third-order valence-electron chi connectivity index (χ3n) is 4.44. The molecule has 0 saturated carbocycles. The van der Waals surface area contributed by atoms with Crippen LogP contribution < -0.4 is 5.32 Å². The van der Waals surface area contributed by atoms with Crippen molar-refractivity contribution in [2.24, 2.45) is 7.05 Å². The number of carbonyl (C=O) groups excluding carboxylic acids is 1. The molecule has 0 aliphatic carbocycles. The van der Waals surface area contributed by atoms with Gasteiger partial charge < -0.3 is 9.88 Å². The van der Waals surface area contributed by atoms with E-state index < -0.39 is 0 Å². The molecule has 3 aromatic rings. The maximum atomic E-state index is 12.4. The minimum atomic E-state index is -0.0571. The van der Waals surface area contributed by atoms with Gasteiger partial charge in [0.15, 0.2) is 0 Å². The number of hydrogen-bond acceptors (Lipinski definition) is 2. The standard InChI is InChI=1S/C18H22N4O/c1-12-9-15-7-5-6-8-17(15)22(12)11-18(23)20-13(2)16-10-19-21(4)14(16)3/h5-10,13H,11H2,1-4H3,(H,20,23)/t13-/m0/s1. The van der Waals surface area contributed by atoms with Crippen LogP contribution in [0.3, 0.4) is 0 Å². The van der Waals surface area contributed by atoms with Crippen LogP contribution in [-0.4, -0.2) is 20.3 Å². The van der Waals surface area contributed by atoms with Crippen LogP contribution in [0, 0.1) is 13.8 Å². The average molecular weight is 310 g/mol. The fourth-order valence-corrected chi connectivity index (χ4v) is 3.01. The van der Waals surface area contributed by atoms with Crippen molar-refractivity contribution in [1.29, 1.82) is 0 Å². The van der Waals surface area contributed by atoms with Gasteiger partial charge in [-0.25, -0.2) is 0 Å². The Labute approximate surface area is 135 Å². The van der Waals surface area contributed by atoms with Crippen molar-refractivity contribution in [1.82, 2.24) is 19.7 Å². The Morgan fingerprint density at radius 1 is 1.30 bits per heavy atom. The fraction of sp³-hybridized carbons (Fsp3) is 0.333. The topological polar surface area (TPSA) is 51.9 Å². The molecule has 0 aliphatic rings. The van der Waals surface area contributed by atoms with E-state index in [1.165, 1.54) is 0 Å². The molecule has 5 heteroatoms. The van der Waals surface area contributed by atoms with Gasteiger partial charge in [0, 0.05) is 29.5 Å². The maximum Gasteiger partial charge on any atom is 0.240 e. The highest BCUT2D eigenvalue weighted by Crippen LogP contribution is 2.20. The summed E-state index contributed by atoms with van der Waals surface area (Å²) in [5, 5.41) is 8.46. The number of fused-ring (bicyclic) bond motifs is 1. The van der Waals surface area contributed by atoms with Gasteiger partial charge in [-0.05, 0) is 38.3 Å². The van der Waals surface area contributed by atoms with E-state index in [4.69, 9.17) is 0 Å². The third-order valence-corrected chi connectivity index (χ3v) is 4.44. The van der Waals surface area contributed by atoms with E-state index in [2.05, 4.69) is 22.5 Å². The second-order valence-corrected chi connectivity index (χ2v) is 6.03. The smallest absolute Gasteiger partial charge is 0.240 e. The Hall–Kier alpha value is -2.56. The number of hydrogen-bond donors (Lipinski definition) is 1. The molecule has 5 nitrogen and oxygen atoms in total. The molecular weight excluding hydrogens is 288 g/mol. The molecule has 0 bridgehead atoms. The number of nitrogens with one attached hydrogen (secondary N) is 1. The first-order chi connectivity index (χ1) is 11.0. The zero-order valence-electron chi connectivity index (χ0n) is 14.0.